The van der Waals surface area contributed by atoms with Crippen molar-refractivity contribution in [1.29, 1.82) is 0 Å². The van der Waals surface area contributed by atoms with E-state index in [1.54, 1.807) is 21.6 Å². The number of hydrogen-bond donors (Lipinski definition) is 1. The molecule has 1 N–H and O–H groups in total. The molecular weight excluding hydrogens is 356 g/mol. The van der Waals surface area contributed by atoms with Crippen LogP contribution < -0.4 is 5.32 Å². The summed E-state index contributed by atoms with van der Waals surface area (Å²) in [6.07, 6.45) is 3.55. The van der Waals surface area contributed by atoms with Gasteiger partial charge in [-0.3, -0.25) is 4.79 Å². The van der Waals surface area contributed by atoms with E-state index in [0.29, 0.717) is 11.0 Å². The number of thioether (sulfide) groups is 1. The number of amides is 1. The Morgan fingerprint density at radius 1 is 1.12 bits per heavy atom. The van der Waals surface area contributed by atoms with Gasteiger partial charge in [-0.15, -0.1) is 5.10 Å². The van der Waals surface area contributed by atoms with Gasteiger partial charge in [-0.05, 0) is 45.0 Å². The van der Waals surface area contributed by atoms with Crippen LogP contribution in [0.1, 0.15) is 0 Å². The van der Waals surface area contributed by atoms with Crippen molar-refractivity contribution < 1.29 is 9.42 Å². The minimum absolute atomic E-state index is 0.102. The lowest BCUT2D eigenvalue weighted by Crippen LogP contribution is -2.16. The van der Waals surface area contributed by atoms with Crippen LogP contribution in [0.4, 0.5) is 5.82 Å². The number of nitrogens with zero attached hydrogens (tertiary/aromatic N) is 7. The first-order chi connectivity index (χ1) is 12.8. The second-order valence-electron chi connectivity index (χ2n) is 5.07. The molecular formula is C15H12N8O2S. The maximum absolute atomic E-state index is 12.2. The van der Waals surface area contributed by atoms with Gasteiger partial charge in [0.15, 0.2) is 0 Å². The molecule has 1 aromatic carbocycles. The molecule has 26 heavy (non-hydrogen) atoms. The molecule has 10 nitrogen and oxygen atoms in total. The highest BCUT2D eigenvalue weighted by molar-refractivity contribution is 7.99. The zero-order valence-corrected chi connectivity index (χ0v) is 14.1. The van der Waals surface area contributed by atoms with E-state index in [4.69, 9.17) is 4.63 Å². The van der Waals surface area contributed by atoms with Crippen molar-refractivity contribution in [2.24, 2.45) is 0 Å². The first-order valence-corrected chi connectivity index (χ1v) is 8.52. The molecule has 4 rings (SSSR count). The number of anilines is 1. The van der Waals surface area contributed by atoms with Crippen molar-refractivity contribution in [2.45, 2.75) is 5.16 Å². The van der Waals surface area contributed by atoms with Gasteiger partial charge in [0.2, 0.25) is 22.7 Å². The van der Waals surface area contributed by atoms with E-state index in [9.17, 15) is 4.79 Å². The highest BCUT2D eigenvalue weighted by Gasteiger charge is 2.16. The van der Waals surface area contributed by atoms with Gasteiger partial charge >= 0.3 is 0 Å². The molecule has 0 spiro atoms. The predicted octanol–water partition coefficient (Wildman–Crippen LogP) is 1.57. The minimum Gasteiger partial charge on any atom is -0.304 e. The largest absolute Gasteiger partial charge is 0.304 e. The molecule has 0 saturated carbocycles. The van der Waals surface area contributed by atoms with Crippen LogP contribution in [0.5, 0.6) is 0 Å². The third-order valence-corrected chi connectivity index (χ3v) is 4.27. The molecule has 11 heteroatoms. The van der Waals surface area contributed by atoms with Gasteiger partial charge in [-0.1, -0.05) is 30.0 Å². The zero-order chi connectivity index (χ0) is 17.8. The van der Waals surface area contributed by atoms with Crippen molar-refractivity contribution in [2.75, 3.05) is 11.1 Å². The van der Waals surface area contributed by atoms with Crippen molar-refractivity contribution >= 4 is 23.5 Å². The molecule has 3 aromatic heterocycles. The Morgan fingerprint density at radius 2 is 1.92 bits per heavy atom. The normalized spacial score (nSPS) is 10.8. The van der Waals surface area contributed by atoms with Crippen molar-refractivity contribution in [3.05, 3.63) is 54.9 Å². The zero-order valence-electron chi connectivity index (χ0n) is 13.3. The van der Waals surface area contributed by atoms with Gasteiger partial charge in [0.1, 0.15) is 0 Å². The van der Waals surface area contributed by atoms with Crippen molar-refractivity contribution in [3.63, 3.8) is 0 Å². The summed E-state index contributed by atoms with van der Waals surface area (Å²) in [5.41, 5.74) is 0.816. The fourth-order valence-corrected chi connectivity index (χ4v) is 2.90. The topological polar surface area (TPSA) is 117 Å². The Kier molecular flexibility index (Phi) is 4.43. The molecule has 130 valence electrons. The Balaban J connectivity index is 1.42. The average molecular weight is 368 g/mol. The average Bonchev–Trinajstić information content (AvgIpc) is 3.41. The van der Waals surface area contributed by atoms with E-state index in [1.165, 1.54) is 11.8 Å². The second-order valence-corrected chi connectivity index (χ2v) is 6.01. The van der Waals surface area contributed by atoms with E-state index < -0.39 is 0 Å². The summed E-state index contributed by atoms with van der Waals surface area (Å²) in [6.45, 7) is 0. The standard InChI is InChI=1S/C15H12N8O2S/c24-12(16-13-14(19-25-18-13)22-8-4-5-9-22)10-26-15-17-20-21-23(15)11-6-2-1-3-7-11/h1-9H,10H2,(H,16,18,24). The lowest BCUT2D eigenvalue weighted by molar-refractivity contribution is -0.113. The summed E-state index contributed by atoms with van der Waals surface area (Å²) in [5, 5.41) is 22.3. The smallest absolute Gasteiger partial charge is 0.236 e. The molecule has 0 fully saturated rings. The molecule has 0 radical (unpaired) electrons. The van der Waals surface area contributed by atoms with Gasteiger partial charge in [-0.25, -0.2) is 4.63 Å². The van der Waals surface area contributed by atoms with Gasteiger partial charge in [-0.2, -0.15) is 4.68 Å². The van der Waals surface area contributed by atoms with Gasteiger partial charge in [0.05, 0.1) is 11.4 Å². The molecule has 0 aliphatic heterocycles. The lowest BCUT2D eigenvalue weighted by atomic mass is 10.3. The third-order valence-electron chi connectivity index (χ3n) is 3.35. The Labute approximate surface area is 151 Å². The monoisotopic (exact) mass is 368 g/mol. The minimum atomic E-state index is -0.276. The van der Waals surface area contributed by atoms with E-state index in [2.05, 4.69) is 31.2 Å². The highest BCUT2D eigenvalue weighted by Crippen LogP contribution is 2.19. The van der Waals surface area contributed by atoms with E-state index in [0.717, 1.165) is 5.69 Å². The van der Waals surface area contributed by atoms with Gasteiger partial charge in [0.25, 0.3) is 0 Å². The van der Waals surface area contributed by atoms with E-state index >= 15 is 0 Å². The number of rotatable bonds is 6. The maximum Gasteiger partial charge on any atom is 0.236 e. The molecule has 0 unspecified atom stereocenters. The summed E-state index contributed by atoms with van der Waals surface area (Å²) >= 11 is 1.21. The van der Waals surface area contributed by atoms with Gasteiger partial charge < -0.3 is 9.88 Å². The number of para-hydroxylation sites is 1. The SMILES string of the molecule is O=C(CSc1nnnn1-c1ccccc1)Nc1nonc1-n1cccc1. The van der Waals surface area contributed by atoms with Crippen LogP contribution in [0.2, 0.25) is 0 Å². The number of aromatic nitrogens is 7. The predicted molar refractivity (Wildman–Crippen MR) is 92.1 cm³/mol. The number of hydrogen-bond acceptors (Lipinski definition) is 8. The summed E-state index contributed by atoms with van der Waals surface area (Å²) in [4.78, 5) is 12.2. The third kappa shape index (κ3) is 3.32. The number of carbonyl (C=O) groups excluding carboxylic acids is 1. The fourth-order valence-electron chi connectivity index (χ4n) is 2.21. The molecule has 0 aliphatic rings. The van der Waals surface area contributed by atoms with Crippen molar-refractivity contribution in [1.82, 2.24) is 35.1 Å². The Hall–Kier alpha value is -3.47. The number of nitrogens with one attached hydrogen (secondary N) is 1. The molecule has 0 saturated heterocycles. The maximum atomic E-state index is 12.2. The number of carbonyl (C=O) groups is 1. The Bertz CT molecular complexity index is 996. The summed E-state index contributed by atoms with van der Waals surface area (Å²) in [7, 11) is 0. The first-order valence-electron chi connectivity index (χ1n) is 7.53. The van der Waals surface area contributed by atoms with Crippen LogP contribution in [0.15, 0.2) is 64.6 Å². The summed E-state index contributed by atoms with van der Waals surface area (Å²) in [6, 6.07) is 13.1. The quantitative estimate of drug-likeness (QED) is 0.510. The molecule has 0 atom stereocenters. The summed E-state index contributed by atoms with van der Waals surface area (Å²) in [5.74, 6) is 0.476. The molecule has 1 amide bonds. The second kappa shape index (κ2) is 7.19. The van der Waals surface area contributed by atoms with E-state index in [-0.39, 0.29) is 17.5 Å². The number of tetrazole rings is 1. The lowest BCUT2D eigenvalue weighted by Gasteiger charge is -2.05. The molecule has 3 heterocycles. The number of benzene rings is 1. The summed E-state index contributed by atoms with van der Waals surface area (Å²) < 4.78 is 7.98. The molecule has 0 aliphatic carbocycles. The van der Waals surface area contributed by atoms with Gasteiger partial charge in [0, 0.05) is 12.4 Å². The van der Waals surface area contributed by atoms with Crippen LogP contribution in [-0.4, -0.2) is 46.7 Å². The fraction of sp³-hybridized carbons (Fsp3) is 0.0667. The van der Waals surface area contributed by atoms with Crippen LogP contribution in [0.25, 0.3) is 11.5 Å². The molecule has 4 aromatic rings. The highest BCUT2D eigenvalue weighted by atomic mass is 32.2. The van der Waals surface area contributed by atoms with Crippen LogP contribution in [-0.2, 0) is 4.79 Å². The van der Waals surface area contributed by atoms with Crippen LogP contribution >= 0.6 is 11.8 Å². The van der Waals surface area contributed by atoms with E-state index in [1.807, 2.05) is 42.5 Å². The Morgan fingerprint density at radius 3 is 2.73 bits per heavy atom. The van der Waals surface area contributed by atoms with Crippen LogP contribution in [0, 0.1) is 0 Å². The van der Waals surface area contributed by atoms with Crippen LogP contribution in [0.3, 0.4) is 0 Å². The van der Waals surface area contributed by atoms with Crippen molar-refractivity contribution in [3.8, 4) is 11.5 Å². The molecule has 0 bridgehead atoms. The first kappa shape index (κ1) is 16.0.